The summed E-state index contributed by atoms with van der Waals surface area (Å²) in [5.41, 5.74) is 11.5. The Kier molecular flexibility index (Phi) is 9.45. The first-order chi connectivity index (χ1) is 26.5. The van der Waals surface area contributed by atoms with Crippen LogP contribution in [0.3, 0.4) is 0 Å². The first-order valence-electron chi connectivity index (χ1n) is 19.6. The van der Waals surface area contributed by atoms with Gasteiger partial charge in [0.1, 0.15) is 28.7 Å². The summed E-state index contributed by atoms with van der Waals surface area (Å²) in [6, 6.07) is 43.1. The minimum Gasteiger partial charge on any atom is -0.457 e. The highest BCUT2D eigenvalue weighted by Gasteiger charge is 2.36. The molecule has 0 radical (unpaired) electrons. The molecule has 6 nitrogen and oxygen atoms in total. The van der Waals surface area contributed by atoms with Crippen LogP contribution in [0.1, 0.15) is 70.7 Å². The zero-order chi connectivity index (χ0) is 38.4. The van der Waals surface area contributed by atoms with E-state index in [2.05, 4.69) is 173 Å². The van der Waals surface area contributed by atoms with Crippen molar-refractivity contribution in [3.63, 3.8) is 0 Å². The Morgan fingerprint density at radius 1 is 0.745 bits per heavy atom. The van der Waals surface area contributed by atoms with Gasteiger partial charge in [0.15, 0.2) is 12.4 Å². The monoisotopic (exact) mass is 724 g/mol. The zero-order valence-electron chi connectivity index (χ0n) is 33.0. The van der Waals surface area contributed by atoms with E-state index in [4.69, 9.17) is 9.72 Å². The fourth-order valence-corrected chi connectivity index (χ4v) is 8.28. The van der Waals surface area contributed by atoms with Gasteiger partial charge in [-0.2, -0.15) is 5.26 Å². The fourth-order valence-electron chi connectivity index (χ4n) is 8.28. The molecule has 7 aromatic rings. The lowest BCUT2D eigenvalue weighted by Crippen LogP contribution is -3.02. The minimum absolute atomic E-state index is 0.00111. The quantitative estimate of drug-likeness (QED) is 0.161. The maximum atomic E-state index is 10.00. The molecule has 1 N–H and O–H groups in total. The Balaban J connectivity index is 1.17. The molecule has 0 saturated heterocycles. The van der Waals surface area contributed by atoms with E-state index in [0.29, 0.717) is 11.8 Å². The summed E-state index contributed by atoms with van der Waals surface area (Å²) >= 11 is 0. The van der Waals surface area contributed by atoms with E-state index in [1.54, 1.807) is 0 Å². The molecule has 1 aliphatic heterocycles. The van der Waals surface area contributed by atoms with E-state index < -0.39 is 0 Å². The summed E-state index contributed by atoms with van der Waals surface area (Å²) < 4.78 is 8.96. The molecule has 6 heteroatoms. The van der Waals surface area contributed by atoms with Crippen molar-refractivity contribution in [1.82, 2.24) is 9.55 Å². The van der Waals surface area contributed by atoms with Crippen LogP contribution in [-0.4, -0.2) is 16.2 Å². The average Bonchev–Trinajstić information content (AvgIpc) is 3.70. The summed E-state index contributed by atoms with van der Waals surface area (Å²) in [6.45, 7) is 16.5. The third-order valence-corrected chi connectivity index (χ3v) is 10.7. The molecule has 0 bridgehead atoms. The summed E-state index contributed by atoms with van der Waals surface area (Å²) in [5.74, 6) is 3.37. The van der Waals surface area contributed by atoms with Gasteiger partial charge in [0.05, 0.1) is 28.4 Å². The fraction of sp³-hybridized carbons (Fsp3) is 0.265. The van der Waals surface area contributed by atoms with Crippen molar-refractivity contribution in [3.05, 3.63) is 144 Å². The molecular weight excluding hydrogens is 675 g/mol. The third-order valence-electron chi connectivity index (χ3n) is 10.7. The molecule has 1 atom stereocenters. The van der Waals surface area contributed by atoms with Gasteiger partial charge in [-0.15, -0.1) is 0 Å². The van der Waals surface area contributed by atoms with Crippen molar-refractivity contribution in [1.29, 1.82) is 5.26 Å². The smallest absolute Gasteiger partial charge is 0.166 e. The van der Waals surface area contributed by atoms with Gasteiger partial charge in [-0.25, -0.2) is 4.98 Å². The first-order valence-corrected chi connectivity index (χ1v) is 19.6. The molecule has 0 spiro atoms. The second-order valence-corrected chi connectivity index (χ2v) is 16.8. The number of quaternary nitrogens is 1. The van der Waals surface area contributed by atoms with Gasteiger partial charge >= 0.3 is 0 Å². The lowest BCUT2D eigenvalue weighted by Gasteiger charge is -2.23. The highest BCUT2D eigenvalue weighted by molar-refractivity contribution is 6.09. The molecule has 1 aliphatic rings. The van der Waals surface area contributed by atoms with Crippen LogP contribution >= 0.6 is 0 Å². The van der Waals surface area contributed by atoms with Gasteiger partial charge in [0.2, 0.25) is 0 Å². The van der Waals surface area contributed by atoms with Gasteiger partial charge in [-0.05, 0) is 96.3 Å². The Morgan fingerprint density at radius 3 is 2.16 bits per heavy atom. The van der Waals surface area contributed by atoms with Crippen molar-refractivity contribution < 1.29 is 9.64 Å². The second kappa shape index (κ2) is 14.4. The summed E-state index contributed by atoms with van der Waals surface area (Å²) in [7, 11) is 0. The molecule has 2 aromatic heterocycles. The number of nitrogens with one attached hydrogen (secondary N) is 1. The number of ether oxygens (including phenoxy) is 1. The highest BCUT2D eigenvalue weighted by Crippen LogP contribution is 2.40. The van der Waals surface area contributed by atoms with Crippen molar-refractivity contribution in [2.24, 2.45) is 11.8 Å². The van der Waals surface area contributed by atoms with Crippen molar-refractivity contribution in [3.8, 4) is 23.4 Å². The molecule has 0 amide bonds. The minimum atomic E-state index is -0.00111. The predicted octanol–water partition coefficient (Wildman–Crippen LogP) is 11.5. The lowest BCUT2D eigenvalue weighted by atomic mass is 9.88. The van der Waals surface area contributed by atoms with E-state index in [1.807, 2.05) is 12.3 Å². The largest absolute Gasteiger partial charge is 0.457 e. The van der Waals surface area contributed by atoms with E-state index in [1.165, 1.54) is 44.0 Å². The summed E-state index contributed by atoms with van der Waals surface area (Å²) in [4.78, 5) is 8.58. The highest BCUT2D eigenvalue weighted by atomic mass is 16.5. The first kappa shape index (κ1) is 36.1. The normalized spacial score (nSPS) is 14.3. The van der Waals surface area contributed by atoms with Gasteiger partial charge in [0, 0.05) is 46.3 Å². The SMILES string of the molecule is CC(C)Cc1cc(C#N)cc(CC(C)C)c1[NH+]1CN(c2cccc(Oc3ccc4c5ccccc5n(-c5cc(C(C)(C)C)ccn5)c4c3)c2)c2ccccc21. The summed E-state index contributed by atoms with van der Waals surface area (Å²) in [5, 5.41) is 12.3. The molecule has 0 saturated carbocycles. The lowest BCUT2D eigenvalue weighted by molar-refractivity contribution is -0.752. The van der Waals surface area contributed by atoms with E-state index in [-0.39, 0.29) is 5.41 Å². The summed E-state index contributed by atoms with van der Waals surface area (Å²) in [6.07, 6.45) is 3.76. The van der Waals surface area contributed by atoms with Crippen LogP contribution < -0.4 is 14.5 Å². The van der Waals surface area contributed by atoms with Crippen LogP contribution in [0.4, 0.5) is 22.7 Å². The number of para-hydroxylation sites is 3. The molecule has 5 aromatic carbocycles. The van der Waals surface area contributed by atoms with E-state index in [0.717, 1.165) is 64.5 Å². The van der Waals surface area contributed by atoms with Gasteiger partial charge in [0.25, 0.3) is 0 Å². The van der Waals surface area contributed by atoms with Gasteiger partial charge in [-0.3, -0.25) is 14.4 Å². The van der Waals surface area contributed by atoms with Crippen LogP contribution in [0.2, 0.25) is 0 Å². The number of nitriles is 1. The van der Waals surface area contributed by atoms with E-state index >= 15 is 0 Å². The Morgan fingerprint density at radius 2 is 1.44 bits per heavy atom. The molecule has 1 unspecified atom stereocenters. The Hall–Kier alpha value is -5.90. The van der Waals surface area contributed by atoms with Crippen LogP contribution in [0.25, 0.3) is 27.6 Å². The maximum absolute atomic E-state index is 10.00. The van der Waals surface area contributed by atoms with Crippen molar-refractivity contribution >= 4 is 44.6 Å². The average molecular weight is 725 g/mol. The maximum Gasteiger partial charge on any atom is 0.166 e. The van der Waals surface area contributed by atoms with E-state index in [9.17, 15) is 5.26 Å². The molecule has 0 aliphatic carbocycles. The van der Waals surface area contributed by atoms with Crippen molar-refractivity contribution in [2.75, 3.05) is 11.6 Å². The number of fused-ring (bicyclic) bond motifs is 4. The standard InChI is InChI=1S/C49H49N5O/c1-32(2)23-35-25-34(30-50)26-36(24-33(3)4)48(35)53-31-52(44-17-10-11-18-45(44)53)38-13-12-14-39(28-38)55-40-19-20-42-41-15-8-9-16-43(41)54(46(42)29-40)47-27-37(21-22-51-47)49(5,6)7/h8-22,25-29,32-33H,23-24,31H2,1-7H3/p+1. The topological polar surface area (TPSA) is 58.5 Å². The van der Waals surface area contributed by atoms with Gasteiger partial charge in [-0.1, -0.05) is 84.9 Å². The number of benzene rings is 5. The number of hydrogen-bond acceptors (Lipinski definition) is 4. The predicted molar refractivity (Wildman–Crippen MR) is 226 cm³/mol. The zero-order valence-corrected chi connectivity index (χ0v) is 33.0. The molecule has 3 heterocycles. The number of hydrogen-bond donors (Lipinski definition) is 1. The van der Waals surface area contributed by atoms with Crippen LogP contribution in [0.5, 0.6) is 11.5 Å². The molecular formula is C49H50N5O+. The number of anilines is 2. The number of aromatic nitrogens is 2. The number of rotatable bonds is 9. The molecule has 0 fully saturated rings. The second-order valence-electron chi connectivity index (χ2n) is 16.8. The Labute approximate surface area is 325 Å². The van der Waals surface area contributed by atoms with Crippen LogP contribution in [-0.2, 0) is 18.3 Å². The third kappa shape index (κ3) is 6.97. The van der Waals surface area contributed by atoms with Crippen molar-refractivity contribution in [2.45, 2.75) is 66.7 Å². The number of pyridine rings is 1. The number of nitrogens with zero attached hydrogens (tertiary/aromatic N) is 4. The van der Waals surface area contributed by atoms with Crippen LogP contribution in [0, 0.1) is 23.2 Å². The molecule has 276 valence electrons. The molecule has 55 heavy (non-hydrogen) atoms. The Bertz CT molecular complexity index is 2550. The van der Waals surface area contributed by atoms with Gasteiger partial charge < -0.3 is 4.74 Å². The molecule has 8 rings (SSSR count). The van der Waals surface area contributed by atoms with Crippen LogP contribution in [0.15, 0.2) is 121 Å².